The Balaban J connectivity index is 1.63. The third-order valence-corrected chi connectivity index (χ3v) is 4.19. The maximum Gasteiger partial charge on any atom is 0.151 e. The molecule has 2 aliphatic heterocycles. The Morgan fingerprint density at radius 1 is 1.24 bits per heavy atom. The summed E-state index contributed by atoms with van der Waals surface area (Å²) in [6.45, 7) is 2.91. The highest BCUT2D eigenvalue weighted by Gasteiger charge is 2.25. The van der Waals surface area contributed by atoms with E-state index in [9.17, 15) is 4.39 Å². The molecule has 0 saturated carbocycles. The number of hydrogen-bond acceptors (Lipinski definition) is 4. The number of nitrogens with one attached hydrogen (secondary N) is 2. The first kappa shape index (κ1) is 12.6. The fourth-order valence-electron chi connectivity index (χ4n) is 2.82. The Morgan fingerprint density at radius 2 is 2.05 bits per heavy atom. The van der Waals surface area contributed by atoms with Gasteiger partial charge in [0.15, 0.2) is 5.82 Å². The van der Waals surface area contributed by atoms with Gasteiger partial charge in [-0.25, -0.2) is 9.37 Å². The largest absolute Gasteiger partial charge is 0.351 e. The van der Waals surface area contributed by atoms with Crippen LogP contribution in [-0.2, 0) is 0 Å². The minimum Gasteiger partial charge on any atom is -0.351 e. The molecule has 108 valence electrons. The van der Waals surface area contributed by atoms with Crippen molar-refractivity contribution in [1.29, 1.82) is 0 Å². The van der Waals surface area contributed by atoms with Crippen LogP contribution in [0.2, 0.25) is 0 Å². The average molecular weight is 284 g/mol. The molecule has 0 aliphatic carbocycles. The van der Waals surface area contributed by atoms with Crippen LogP contribution in [0.25, 0.3) is 11.1 Å². The molecule has 5 heteroatoms. The molecular formula is C16H17FN4. The van der Waals surface area contributed by atoms with Crippen molar-refractivity contribution in [2.45, 2.75) is 12.5 Å². The van der Waals surface area contributed by atoms with Gasteiger partial charge in [-0.2, -0.15) is 0 Å². The minimum absolute atomic E-state index is 0.216. The van der Waals surface area contributed by atoms with E-state index >= 15 is 0 Å². The number of anilines is 2. The van der Waals surface area contributed by atoms with E-state index in [0.29, 0.717) is 6.04 Å². The summed E-state index contributed by atoms with van der Waals surface area (Å²) >= 11 is 0. The van der Waals surface area contributed by atoms with Gasteiger partial charge in [0.05, 0.1) is 12.4 Å². The maximum absolute atomic E-state index is 13.0. The second-order valence-corrected chi connectivity index (χ2v) is 5.60. The molecule has 4 nitrogen and oxygen atoms in total. The summed E-state index contributed by atoms with van der Waals surface area (Å²) in [6, 6.07) is 9.26. The topological polar surface area (TPSA) is 40.2 Å². The molecule has 4 rings (SSSR count). The molecule has 1 aromatic carbocycles. The van der Waals surface area contributed by atoms with E-state index in [0.717, 1.165) is 42.4 Å². The lowest BCUT2D eigenvalue weighted by atomic mass is 10.1. The fourth-order valence-corrected chi connectivity index (χ4v) is 2.82. The second-order valence-electron chi connectivity index (χ2n) is 5.60. The van der Waals surface area contributed by atoms with Crippen LogP contribution in [0.5, 0.6) is 0 Å². The van der Waals surface area contributed by atoms with Crippen molar-refractivity contribution < 1.29 is 4.39 Å². The molecule has 1 aromatic heterocycles. The highest BCUT2D eigenvalue weighted by molar-refractivity contribution is 5.77. The van der Waals surface area contributed by atoms with Crippen LogP contribution in [0.3, 0.4) is 0 Å². The van der Waals surface area contributed by atoms with E-state index in [1.54, 1.807) is 12.1 Å². The van der Waals surface area contributed by atoms with Crippen molar-refractivity contribution in [3.8, 4) is 11.1 Å². The number of hydrogen-bond donors (Lipinski definition) is 2. The summed E-state index contributed by atoms with van der Waals surface area (Å²) in [5.41, 5.74) is 3.13. The molecule has 1 atom stereocenters. The van der Waals surface area contributed by atoms with E-state index < -0.39 is 0 Å². The van der Waals surface area contributed by atoms with Crippen LogP contribution in [0.15, 0.2) is 36.5 Å². The SMILES string of the molecule is Fc1ccc(-c2cnc3c(c2)N(C[C@H]2CCN2)CN3)cc1. The molecule has 0 unspecified atom stereocenters. The van der Waals surface area contributed by atoms with E-state index in [4.69, 9.17) is 0 Å². The maximum atomic E-state index is 13.0. The van der Waals surface area contributed by atoms with Crippen LogP contribution in [0.1, 0.15) is 6.42 Å². The normalized spacial score (nSPS) is 19.9. The summed E-state index contributed by atoms with van der Waals surface area (Å²) in [5.74, 6) is 0.715. The molecule has 0 bridgehead atoms. The Kier molecular flexibility index (Phi) is 3.00. The van der Waals surface area contributed by atoms with E-state index in [1.807, 2.05) is 6.20 Å². The van der Waals surface area contributed by atoms with Gasteiger partial charge in [0.1, 0.15) is 5.82 Å². The number of rotatable bonds is 3. The first-order chi connectivity index (χ1) is 10.3. The molecule has 0 spiro atoms. The predicted octanol–water partition coefficient (Wildman–Crippen LogP) is 2.44. The summed E-state index contributed by atoms with van der Waals surface area (Å²) in [5, 5.41) is 6.74. The third kappa shape index (κ3) is 2.34. The molecule has 2 N–H and O–H groups in total. The first-order valence-corrected chi connectivity index (χ1v) is 7.28. The van der Waals surface area contributed by atoms with Crippen molar-refractivity contribution in [1.82, 2.24) is 10.3 Å². The molecule has 0 radical (unpaired) electrons. The highest BCUT2D eigenvalue weighted by Crippen LogP contribution is 2.33. The second kappa shape index (κ2) is 5.00. The van der Waals surface area contributed by atoms with Crippen molar-refractivity contribution in [2.24, 2.45) is 0 Å². The van der Waals surface area contributed by atoms with Crippen molar-refractivity contribution >= 4 is 11.5 Å². The van der Waals surface area contributed by atoms with Gasteiger partial charge in [-0.1, -0.05) is 12.1 Å². The first-order valence-electron chi connectivity index (χ1n) is 7.28. The van der Waals surface area contributed by atoms with Crippen LogP contribution in [-0.4, -0.2) is 30.8 Å². The summed E-state index contributed by atoms with van der Waals surface area (Å²) in [6.07, 6.45) is 3.07. The number of benzene rings is 1. The van der Waals surface area contributed by atoms with Crippen molar-refractivity contribution in [2.75, 3.05) is 30.0 Å². The van der Waals surface area contributed by atoms with E-state index in [2.05, 4.69) is 26.6 Å². The van der Waals surface area contributed by atoms with Crippen LogP contribution >= 0.6 is 0 Å². The van der Waals surface area contributed by atoms with Gasteiger partial charge in [0, 0.05) is 24.3 Å². The fraction of sp³-hybridized carbons (Fsp3) is 0.312. The molecule has 3 heterocycles. The molecule has 2 aromatic rings. The van der Waals surface area contributed by atoms with Crippen LogP contribution in [0, 0.1) is 5.82 Å². The molecule has 1 fully saturated rings. The van der Waals surface area contributed by atoms with E-state index in [1.165, 1.54) is 18.6 Å². The third-order valence-electron chi connectivity index (χ3n) is 4.19. The van der Waals surface area contributed by atoms with Gasteiger partial charge in [0.25, 0.3) is 0 Å². The highest BCUT2D eigenvalue weighted by atomic mass is 19.1. The van der Waals surface area contributed by atoms with Crippen molar-refractivity contribution in [3.05, 3.63) is 42.3 Å². The minimum atomic E-state index is -0.216. The molecule has 2 aliphatic rings. The monoisotopic (exact) mass is 284 g/mol. The standard InChI is InChI=1S/C16H17FN4/c17-13-3-1-11(2-4-13)12-7-15-16(19-8-12)20-10-21(15)9-14-5-6-18-14/h1-4,7-8,14,18H,5-6,9-10H2,(H,19,20)/t14-/m1/s1. The van der Waals surface area contributed by atoms with Gasteiger partial charge in [-0.05, 0) is 36.7 Å². The zero-order chi connectivity index (χ0) is 14.2. The quantitative estimate of drug-likeness (QED) is 0.908. The van der Waals surface area contributed by atoms with Crippen LogP contribution < -0.4 is 15.5 Å². The summed E-state index contributed by atoms with van der Waals surface area (Å²) in [4.78, 5) is 6.80. The lowest BCUT2D eigenvalue weighted by Crippen LogP contribution is -2.50. The lowest BCUT2D eigenvalue weighted by molar-refractivity contribution is 0.373. The predicted molar refractivity (Wildman–Crippen MR) is 81.9 cm³/mol. The smallest absolute Gasteiger partial charge is 0.151 e. The Morgan fingerprint density at radius 3 is 2.76 bits per heavy atom. The van der Waals surface area contributed by atoms with Gasteiger partial charge in [-0.3, -0.25) is 0 Å². The lowest BCUT2D eigenvalue weighted by Gasteiger charge is -2.32. The zero-order valence-electron chi connectivity index (χ0n) is 11.6. The Hall–Kier alpha value is -2.14. The zero-order valence-corrected chi connectivity index (χ0v) is 11.6. The van der Waals surface area contributed by atoms with Crippen LogP contribution in [0.4, 0.5) is 15.9 Å². The van der Waals surface area contributed by atoms with Gasteiger partial charge in [-0.15, -0.1) is 0 Å². The van der Waals surface area contributed by atoms with E-state index in [-0.39, 0.29) is 5.82 Å². The molecule has 1 saturated heterocycles. The Bertz CT molecular complexity index is 652. The van der Waals surface area contributed by atoms with Gasteiger partial charge >= 0.3 is 0 Å². The number of pyridine rings is 1. The molecule has 0 amide bonds. The number of nitrogens with zero attached hydrogens (tertiary/aromatic N) is 2. The Labute approximate surface area is 123 Å². The van der Waals surface area contributed by atoms with Gasteiger partial charge in [0.2, 0.25) is 0 Å². The number of fused-ring (bicyclic) bond motifs is 1. The van der Waals surface area contributed by atoms with Gasteiger partial charge < -0.3 is 15.5 Å². The number of aromatic nitrogens is 1. The summed E-state index contributed by atoms with van der Waals surface area (Å²) < 4.78 is 13.0. The molecular weight excluding hydrogens is 267 g/mol. The van der Waals surface area contributed by atoms with Crippen molar-refractivity contribution in [3.63, 3.8) is 0 Å². The average Bonchev–Trinajstić information content (AvgIpc) is 2.86. The summed E-state index contributed by atoms with van der Waals surface area (Å²) in [7, 11) is 0. The molecule has 21 heavy (non-hydrogen) atoms. The number of halogens is 1.